The quantitative estimate of drug-likeness (QED) is 0.782. The van der Waals surface area contributed by atoms with Crippen molar-refractivity contribution in [2.75, 3.05) is 18.0 Å². The van der Waals surface area contributed by atoms with Gasteiger partial charge in [0.15, 0.2) is 0 Å². The van der Waals surface area contributed by atoms with Crippen LogP contribution >= 0.6 is 0 Å². The molecule has 1 aromatic heterocycles. The molecule has 2 heterocycles. The number of nitrogens with two attached hydrogens (primary N) is 1. The van der Waals surface area contributed by atoms with Gasteiger partial charge in [0, 0.05) is 43.6 Å². The Kier molecular flexibility index (Phi) is 3.33. The lowest BCUT2D eigenvalue weighted by Crippen LogP contribution is -2.28. The maximum absolute atomic E-state index is 11.1. The first-order chi connectivity index (χ1) is 9.22. The first-order valence-corrected chi connectivity index (χ1v) is 6.81. The molecule has 1 saturated carbocycles. The molecule has 102 valence electrons. The number of anilines is 1. The Balaban J connectivity index is 1.57. The van der Waals surface area contributed by atoms with Crippen LogP contribution in [0.25, 0.3) is 0 Å². The summed E-state index contributed by atoms with van der Waals surface area (Å²) in [6.45, 7) is 2.26. The zero-order valence-electron chi connectivity index (χ0n) is 10.9. The Bertz CT molecular complexity index is 457. The summed E-state index contributed by atoms with van der Waals surface area (Å²) >= 11 is 0. The van der Waals surface area contributed by atoms with Crippen LogP contribution in [-0.2, 0) is 11.3 Å². The van der Waals surface area contributed by atoms with Gasteiger partial charge in [-0.2, -0.15) is 0 Å². The van der Waals surface area contributed by atoms with Gasteiger partial charge in [0.2, 0.25) is 11.9 Å². The molecule has 1 aliphatic carbocycles. The standard InChI is InChI=1S/C13H19N5O/c14-12(19)10-3-4-18(8-10)13-16-6-9(7-17-13)5-15-11-1-2-11/h6-7,10-11,15H,1-5,8H2,(H2,14,19). The Morgan fingerprint density at radius 1 is 1.37 bits per heavy atom. The number of aromatic nitrogens is 2. The number of hydrogen-bond acceptors (Lipinski definition) is 5. The number of carbonyl (C=O) groups excluding carboxylic acids is 1. The van der Waals surface area contributed by atoms with Crippen molar-refractivity contribution in [2.24, 2.45) is 11.7 Å². The minimum Gasteiger partial charge on any atom is -0.369 e. The van der Waals surface area contributed by atoms with Gasteiger partial charge in [-0.15, -0.1) is 0 Å². The van der Waals surface area contributed by atoms with Gasteiger partial charge in [-0.25, -0.2) is 9.97 Å². The Morgan fingerprint density at radius 3 is 2.68 bits per heavy atom. The van der Waals surface area contributed by atoms with Gasteiger partial charge >= 0.3 is 0 Å². The number of primary amides is 1. The smallest absolute Gasteiger partial charge is 0.225 e. The summed E-state index contributed by atoms with van der Waals surface area (Å²) in [6.07, 6.45) is 7.07. The van der Waals surface area contributed by atoms with E-state index in [0.717, 1.165) is 25.1 Å². The molecular weight excluding hydrogens is 242 g/mol. The van der Waals surface area contributed by atoms with E-state index >= 15 is 0 Å². The SMILES string of the molecule is NC(=O)C1CCN(c2ncc(CNC3CC3)cn2)C1. The summed E-state index contributed by atoms with van der Waals surface area (Å²) in [7, 11) is 0. The molecule has 2 aliphatic rings. The molecule has 2 fully saturated rings. The van der Waals surface area contributed by atoms with Crippen molar-refractivity contribution >= 4 is 11.9 Å². The van der Waals surface area contributed by atoms with Crippen LogP contribution in [0.4, 0.5) is 5.95 Å². The van der Waals surface area contributed by atoms with Crippen molar-refractivity contribution in [1.29, 1.82) is 0 Å². The van der Waals surface area contributed by atoms with Crippen molar-refractivity contribution in [3.05, 3.63) is 18.0 Å². The van der Waals surface area contributed by atoms with Gasteiger partial charge < -0.3 is 16.0 Å². The fraction of sp³-hybridized carbons (Fsp3) is 0.615. The van der Waals surface area contributed by atoms with Crippen LogP contribution in [0.3, 0.4) is 0 Å². The summed E-state index contributed by atoms with van der Waals surface area (Å²) < 4.78 is 0. The summed E-state index contributed by atoms with van der Waals surface area (Å²) in [5.74, 6) is 0.395. The average molecular weight is 261 g/mol. The molecule has 0 spiro atoms. The van der Waals surface area contributed by atoms with E-state index in [2.05, 4.69) is 15.3 Å². The second-order valence-electron chi connectivity index (χ2n) is 5.38. The molecule has 3 N–H and O–H groups in total. The van der Waals surface area contributed by atoms with E-state index in [4.69, 9.17) is 5.73 Å². The van der Waals surface area contributed by atoms with Crippen molar-refractivity contribution in [2.45, 2.75) is 31.8 Å². The molecule has 1 saturated heterocycles. The van der Waals surface area contributed by atoms with Gasteiger partial charge in [-0.05, 0) is 19.3 Å². The Labute approximate surface area is 112 Å². The molecule has 1 amide bonds. The van der Waals surface area contributed by atoms with Crippen LogP contribution in [0.5, 0.6) is 0 Å². The maximum Gasteiger partial charge on any atom is 0.225 e. The predicted molar refractivity (Wildman–Crippen MR) is 71.4 cm³/mol. The third kappa shape index (κ3) is 3.01. The van der Waals surface area contributed by atoms with Crippen molar-refractivity contribution < 1.29 is 4.79 Å². The molecule has 0 bridgehead atoms. The second-order valence-corrected chi connectivity index (χ2v) is 5.38. The number of nitrogens with one attached hydrogen (secondary N) is 1. The van der Waals surface area contributed by atoms with Crippen LogP contribution in [0.1, 0.15) is 24.8 Å². The number of carbonyl (C=O) groups is 1. The molecule has 1 atom stereocenters. The number of hydrogen-bond donors (Lipinski definition) is 2. The molecular formula is C13H19N5O. The van der Waals surface area contributed by atoms with E-state index in [1.807, 2.05) is 17.3 Å². The highest BCUT2D eigenvalue weighted by molar-refractivity contribution is 5.78. The topological polar surface area (TPSA) is 84.1 Å². The molecule has 1 aliphatic heterocycles. The van der Waals surface area contributed by atoms with Gasteiger partial charge in [-0.1, -0.05) is 0 Å². The predicted octanol–water partition coefficient (Wildman–Crippen LogP) is 0.0402. The van der Waals surface area contributed by atoms with Crippen molar-refractivity contribution in [3.8, 4) is 0 Å². The lowest BCUT2D eigenvalue weighted by atomic mass is 10.1. The van der Waals surface area contributed by atoms with Crippen LogP contribution in [-0.4, -0.2) is 35.0 Å². The summed E-state index contributed by atoms with van der Waals surface area (Å²) in [5.41, 5.74) is 6.42. The van der Waals surface area contributed by atoms with Crippen LogP contribution in [0, 0.1) is 5.92 Å². The number of nitrogens with zero attached hydrogens (tertiary/aromatic N) is 3. The average Bonchev–Trinajstić information content (AvgIpc) is 3.11. The zero-order valence-corrected chi connectivity index (χ0v) is 10.9. The highest BCUT2D eigenvalue weighted by atomic mass is 16.1. The third-order valence-corrected chi connectivity index (χ3v) is 3.74. The summed E-state index contributed by atoms with van der Waals surface area (Å²) in [6, 6.07) is 0.689. The normalized spacial score (nSPS) is 22.7. The third-order valence-electron chi connectivity index (χ3n) is 3.74. The van der Waals surface area contributed by atoms with Gasteiger partial charge in [0.05, 0.1) is 5.92 Å². The highest BCUT2D eigenvalue weighted by Crippen LogP contribution is 2.21. The molecule has 0 radical (unpaired) electrons. The Morgan fingerprint density at radius 2 is 2.11 bits per heavy atom. The van der Waals surface area contributed by atoms with Crippen molar-refractivity contribution in [1.82, 2.24) is 15.3 Å². The molecule has 1 unspecified atom stereocenters. The Hall–Kier alpha value is -1.69. The number of rotatable bonds is 5. The minimum absolute atomic E-state index is 0.0696. The van der Waals surface area contributed by atoms with Crippen LogP contribution < -0.4 is 16.0 Å². The van der Waals surface area contributed by atoms with E-state index in [1.54, 1.807) is 0 Å². The van der Waals surface area contributed by atoms with Gasteiger partial charge in [0.1, 0.15) is 0 Å². The number of amides is 1. The van der Waals surface area contributed by atoms with E-state index in [0.29, 0.717) is 18.5 Å². The highest BCUT2D eigenvalue weighted by Gasteiger charge is 2.28. The molecule has 1 aromatic rings. The molecule has 19 heavy (non-hydrogen) atoms. The first kappa shape index (κ1) is 12.3. The van der Waals surface area contributed by atoms with E-state index < -0.39 is 0 Å². The molecule has 0 aromatic carbocycles. The van der Waals surface area contributed by atoms with Crippen LogP contribution in [0.15, 0.2) is 12.4 Å². The lowest BCUT2D eigenvalue weighted by Gasteiger charge is -2.15. The zero-order chi connectivity index (χ0) is 13.2. The van der Waals surface area contributed by atoms with Gasteiger partial charge in [-0.3, -0.25) is 4.79 Å². The van der Waals surface area contributed by atoms with Crippen LogP contribution in [0.2, 0.25) is 0 Å². The van der Waals surface area contributed by atoms with Gasteiger partial charge in [0.25, 0.3) is 0 Å². The lowest BCUT2D eigenvalue weighted by molar-refractivity contribution is -0.121. The van der Waals surface area contributed by atoms with E-state index in [9.17, 15) is 4.79 Å². The monoisotopic (exact) mass is 261 g/mol. The van der Waals surface area contributed by atoms with Crippen molar-refractivity contribution in [3.63, 3.8) is 0 Å². The maximum atomic E-state index is 11.1. The fourth-order valence-corrected chi connectivity index (χ4v) is 2.33. The molecule has 6 heteroatoms. The van der Waals surface area contributed by atoms with E-state index in [-0.39, 0.29) is 11.8 Å². The largest absolute Gasteiger partial charge is 0.369 e. The fourth-order valence-electron chi connectivity index (χ4n) is 2.33. The molecule has 3 rings (SSSR count). The van der Waals surface area contributed by atoms with E-state index in [1.165, 1.54) is 12.8 Å². The summed E-state index contributed by atoms with van der Waals surface area (Å²) in [5, 5.41) is 3.43. The second kappa shape index (κ2) is 5.13. The summed E-state index contributed by atoms with van der Waals surface area (Å²) in [4.78, 5) is 21.9. The molecule has 6 nitrogen and oxygen atoms in total. The first-order valence-electron chi connectivity index (χ1n) is 6.81. The minimum atomic E-state index is -0.229.